The second kappa shape index (κ2) is 7.43. The number of carbonyl (C=O) groups is 1. The van der Waals surface area contributed by atoms with Crippen LogP contribution in [0.4, 0.5) is 0 Å². The summed E-state index contributed by atoms with van der Waals surface area (Å²) >= 11 is 0. The standard InChI is InChI=1S/C17H19NO3/c1-2-3-4-5-8-11-21-15-12-18-14-10-7-6-9-13(14)16(15)17(19)20/h2,6-7,9-10,12H,1,3-5,8,11H2,(H,19,20). The zero-order chi connectivity index (χ0) is 15.1. The van der Waals surface area contributed by atoms with Crippen molar-refractivity contribution < 1.29 is 14.6 Å². The van der Waals surface area contributed by atoms with Gasteiger partial charge >= 0.3 is 5.97 Å². The van der Waals surface area contributed by atoms with Gasteiger partial charge in [-0.25, -0.2) is 4.79 Å². The lowest BCUT2D eigenvalue weighted by Crippen LogP contribution is -2.06. The lowest BCUT2D eigenvalue weighted by atomic mass is 10.1. The van der Waals surface area contributed by atoms with Crippen LogP contribution in [0.3, 0.4) is 0 Å². The molecule has 2 aromatic rings. The van der Waals surface area contributed by atoms with Crippen molar-refractivity contribution in [1.82, 2.24) is 4.98 Å². The zero-order valence-electron chi connectivity index (χ0n) is 11.9. The number of aromatic carboxylic acids is 1. The van der Waals surface area contributed by atoms with Crippen LogP contribution >= 0.6 is 0 Å². The molecule has 4 heteroatoms. The largest absolute Gasteiger partial charge is 0.491 e. The first-order chi connectivity index (χ1) is 10.2. The molecule has 0 aliphatic carbocycles. The van der Waals surface area contributed by atoms with E-state index in [0.29, 0.717) is 23.3 Å². The van der Waals surface area contributed by atoms with E-state index in [0.717, 1.165) is 25.7 Å². The highest BCUT2D eigenvalue weighted by Gasteiger charge is 2.16. The van der Waals surface area contributed by atoms with Crippen LogP contribution in [0.1, 0.15) is 36.0 Å². The van der Waals surface area contributed by atoms with Crippen molar-refractivity contribution in [3.05, 3.63) is 48.7 Å². The number of pyridine rings is 1. The molecule has 0 amide bonds. The van der Waals surface area contributed by atoms with E-state index < -0.39 is 5.97 Å². The number of carboxylic acid groups (broad SMARTS) is 1. The van der Waals surface area contributed by atoms with E-state index in [-0.39, 0.29) is 5.56 Å². The van der Waals surface area contributed by atoms with Gasteiger partial charge in [0.05, 0.1) is 18.3 Å². The molecular formula is C17H19NO3. The van der Waals surface area contributed by atoms with Gasteiger partial charge in [0.25, 0.3) is 0 Å². The van der Waals surface area contributed by atoms with Crippen molar-refractivity contribution in [3.63, 3.8) is 0 Å². The fourth-order valence-electron chi connectivity index (χ4n) is 2.20. The van der Waals surface area contributed by atoms with Crippen molar-refractivity contribution in [2.45, 2.75) is 25.7 Å². The predicted octanol–water partition coefficient (Wildman–Crippen LogP) is 4.06. The Morgan fingerprint density at radius 1 is 1.29 bits per heavy atom. The molecule has 4 nitrogen and oxygen atoms in total. The van der Waals surface area contributed by atoms with Gasteiger partial charge in [0.1, 0.15) is 5.56 Å². The number of hydrogen-bond acceptors (Lipinski definition) is 3. The Labute approximate surface area is 124 Å². The highest BCUT2D eigenvalue weighted by Crippen LogP contribution is 2.26. The van der Waals surface area contributed by atoms with Gasteiger partial charge in [-0.2, -0.15) is 0 Å². The Hall–Kier alpha value is -2.36. The number of benzene rings is 1. The van der Waals surface area contributed by atoms with Gasteiger partial charge in [0.2, 0.25) is 0 Å². The smallest absolute Gasteiger partial charge is 0.340 e. The van der Waals surface area contributed by atoms with Crippen molar-refractivity contribution in [2.75, 3.05) is 6.61 Å². The number of aromatic nitrogens is 1. The van der Waals surface area contributed by atoms with E-state index in [1.165, 1.54) is 6.20 Å². The van der Waals surface area contributed by atoms with E-state index in [1.807, 2.05) is 12.1 Å². The SMILES string of the molecule is C=CCCCCCOc1cnc2ccccc2c1C(=O)O. The minimum Gasteiger partial charge on any atom is -0.491 e. The van der Waals surface area contributed by atoms with E-state index in [2.05, 4.69) is 11.6 Å². The summed E-state index contributed by atoms with van der Waals surface area (Å²) in [6.45, 7) is 4.18. The topological polar surface area (TPSA) is 59.4 Å². The van der Waals surface area contributed by atoms with E-state index in [1.54, 1.807) is 18.2 Å². The quantitative estimate of drug-likeness (QED) is 0.587. The number of unbranched alkanes of at least 4 members (excludes halogenated alkanes) is 3. The number of rotatable bonds is 8. The molecule has 2 rings (SSSR count). The van der Waals surface area contributed by atoms with Crippen LogP contribution in [-0.4, -0.2) is 22.7 Å². The third kappa shape index (κ3) is 3.81. The molecule has 0 aliphatic heterocycles. The molecule has 1 aromatic heterocycles. The van der Waals surface area contributed by atoms with Crippen molar-refractivity contribution in [1.29, 1.82) is 0 Å². The predicted molar refractivity (Wildman–Crippen MR) is 82.9 cm³/mol. The van der Waals surface area contributed by atoms with Crippen molar-refractivity contribution in [3.8, 4) is 5.75 Å². The Balaban J connectivity index is 2.10. The van der Waals surface area contributed by atoms with E-state index >= 15 is 0 Å². The number of allylic oxidation sites excluding steroid dienone is 1. The Bertz CT molecular complexity index is 637. The summed E-state index contributed by atoms with van der Waals surface area (Å²) in [4.78, 5) is 15.7. The number of nitrogens with zero attached hydrogens (tertiary/aromatic N) is 1. The molecule has 0 unspecified atom stereocenters. The highest BCUT2D eigenvalue weighted by molar-refractivity contribution is 6.04. The third-order valence-electron chi connectivity index (χ3n) is 3.26. The Morgan fingerprint density at radius 2 is 2.10 bits per heavy atom. The van der Waals surface area contributed by atoms with Crippen LogP contribution in [0, 0.1) is 0 Å². The summed E-state index contributed by atoms with van der Waals surface area (Å²) in [7, 11) is 0. The Morgan fingerprint density at radius 3 is 2.86 bits per heavy atom. The third-order valence-corrected chi connectivity index (χ3v) is 3.26. The monoisotopic (exact) mass is 285 g/mol. The average molecular weight is 285 g/mol. The maximum Gasteiger partial charge on any atom is 0.340 e. The van der Waals surface area contributed by atoms with Crippen LogP contribution in [0.15, 0.2) is 43.1 Å². The van der Waals surface area contributed by atoms with E-state index in [4.69, 9.17) is 4.74 Å². The number of hydrogen-bond donors (Lipinski definition) is 1. The lowest BCUT2D eigenvalue weighted by Gasteiger charge is -2.10. The minimum atomic E-state index is -0.991. The highest BCUT2D eigenvalue weighted by atomic mass is 16.5. The molecule has 0 aliphatic rings. The number of ether oxygens (including phenoxy) is 1. The second-order valence-corrected chi connectivity index (χ2v) is 4.81. The number of carboxylic acids is 1. The second-order valence-electron chi connectivity index (χ2n) is 4.81. The van der Waals surface area contributed by atoms with Gasteiger partial charge < -0.3 is 9.84 Å². The summed E-state index contributed by atoms with van der Waals surface area (Å²) in [5.74, 6) is -0.653. The fourth-order valence-corrected chi connectivity index (χ4v) is 2.20. The van der Waals surface area contributed by atoms with Crippen LogP contribution in [0.2, 0.25) is 0 Å². The van der Waals surface area contributed by atoms with Gasteiger partial charge in [-0.1, -0.05) is 24.3 Å². The Kier molecular flexibility index (Phi) is 5.32. The molecule has 0 saturated heterocycles. The maximum absolute atomic E-state index is 11.5. The van der Waals surface area contributed by atoms with Gasteiger partial charge in [-0.05, 0) is 31.7 Å². The van der Waals surface area contributed by atoms with Crippen LogP contribution < -0.4 is 4.74 Å². The first-order valence-corrected chi connectivity index (χ1v) is 7.08. The van der Waals surface area contributed by atoms with Gasteiger partial charge in [0, 0.05) is 5.39 Å². The summed E-state index contributed by atoms with van der Waals surface area (Å²) < 4.78 is 5.62. The summed E-state index contributed by atoms with van der Waals surface area (Å²) in [5, 5.41) is 10.0. The number of fused-ring (bicyclic) bond motifs is 1. The zero-order valence-corrected chi connectivity index (χ0v) is 11.9. The lowest BCUT2D eigenvalue weighted by molar-refractivity contribution is 0.0694. The van der Waals surface area contributed by atoms with Gasteiger partial charge in [-0.15, -0.1) is 6.58 Å². The molecule has 1 N–H and O–H groups in total. The minimum absolute atomic E-state index is 0.187. The number of para-hydroxylation sites is 1. The van der Waals surface area contributed by atoms with Crippen molar-refractivity contribution >= 4 is 16.9 Å². The molecule has 110 valence electrons. The van der Waals surface area contributed by atoms with Crippen LogP contribution in [0.5, 0.6) is 5.75 Å². The summed E-state index contributed by atoms with van der Waals surface area (Å²) in [5.41, 5.74) is 0.847. The molecule has 0 saturated carbocycles. The summed E-state index contributed by atoms with van der Waals surface area (Å²) in [6, 6.07) is 7.18. The normalized spacial score (nSPS) is 10.5. The molecule has 0 fully saturated rings. The molecule has 0 bridgehead atoms. The molecule has 0 spiro atoms. The molecular weight excluding hydrogens is 266 g/mol. The van der Waals surface area contributed by atoms with E-state index in [9.17, 15) is 9.90 Å². The van der Waals surface area contributed by atoms with Crippen LogP contribution in [-0.2, 0) is 0 Å². The molecule has 0 radical (unpaired) electrons. The average Bonchev–Trinajstić information content (AvgIpc) is 2.50. The first kappa shape index (κ1) is 15.0. The molecule has 21 heavy (non-hydrogen) atoms. The first-order valence-electron chi connectivity index (χ1n) is 7.08. The van der Waals surface area contributed by atoms with Crippen molar-refractivity contribution in [2.24, 2.45) is 0 Å². The van der Waals surface area contributed by atoms with Gasteiger partial charge in [-0.3, -0.25) is 4.98 Å². The van der Waals surface area contributed by atoms with Gasteiger partial charge in [0.15, 0.2) is 5.75 Å². The molecule has 1 heterocycles. The maximum atomic E-state index is 11.5. The van der Waals surface area contributed by atoms with Crippen LogP contribution in [0.25, 0.3) is 10.9 Å². The molecule has 0 atom stereocenters. The summed E-state index contributed by atoms with van der Waals surface area (Å²) in [6.07, 6.45) is 7.40. The molecule has 1 aromatic carbocycles. The fraction of sp³-hybridized carbons (Fsp3) is 0.294.